The lowest BCUT2D eigenvalue weighted by Crippen LogP contribution is -2.13. The first kappa shape index (κ1) is 7.29. The molecule has 0 aromatic carbocycles. The number of thiol groups is 1. The van der Waals surface area contributed by atoms with E-state index in [0.29, 0.717) is 0 Å². The van der Waals surface area contributed by atoms with Gasteiger partial charge in [0, 0.05) is 5.75 Å². The first-order valence-corrected chi connectivity index (χ1v) is 2.40. The van der Waals surface area contributed by atoms with Crippen molar-refractivity contribution in [3.05, 3.63) is 0 Å². The molecule has 0 spiro atoms. The van der Waals surface area contributed by atoms with Crippen molar-refractivity contribution < 1.29 is 15.1 Å². The predicted octanol–water partition coefficient (Wildman–Crippen LogP) is -0.169. The van der Waals surface area contributed by atoms with Gasteiger partial charge in [-0.2, -0.15) is 12.6 Å². The Morgan fingerprint density at radius 1 is 1.75 bits per heavy atom. The van der Waals surface area contributed by atoms with Crippen molar-refractivity contribution in [1.82, 2.24) is 0 Å². The van der Waals surface area contributed by atoms with E-state index in [1.807, 2.05) is 0 Å². The van der Waals surface area contributed by atoms with E-state index >= 15 is 0 Å². The number of carbonyl (C=O) groups is 1. The highest BCUT2D eigenvalue weighted by Crippen LogP contribution is 1.80. The van der Waals surface area contributed by atoms with Crippen molar-refractivity contribution in [3.63, 3.8) is 0 Å². The number of hydrogen-bond donors (Lipinski definition) is 3. The number of oxime groups is 1. The zero-order valence-corrected chi connectivity index (χ0v) is 4.80. The molecule has 0 aliphatic heterocycles. The summed E-state index contributed by atoms with van der Waals surface area (Å²) in [4.78, 5) is 9.82. The zero-order valence-electron chi connectivity index (χ0n) is 3.90. The predicted molar refractivity (Wildman–Crippen MR) is 30.7 cm³/mol. The molecule has 0 heterocycles. The van der Waals surface area contributed by atoms with Crippen LogP contribution in [0.3, 0.4) is 0 Å². The number of rotatable bonds is 2. The molecular formula is C3H5NO3S. The van der Waals surface area contributed by atoms with E-state index in [1.165, 1.54) is 0 Å². The van der Waals surface area contributed by atoms with Crippen molar-refractivity contribution in [1.29, 1.82) is 0 Å². The van der Waals surface area contributed by atoms with Crippen molar-refractivity contribution in [3.8, 4) is 0 Å². The van der Waals surface area contributed by atoms with Gasteiger partial charge in [-0.1, -0.05) is 5.16 Å². The Kier molecular flexibility index (Phi) is 3.02. The fourth-order valence-electron chi connectivity index (χ4n) is 0.142. The standard InChI is InChI=1S/C3H5NO3S/c5-3(6)2(1-8)4-7/h7-8H,1H2,(H,5,6)/b4-2+. The van der Waals surface area contributed by atoms with Gasteiger partial charge in [0.25, 0.3) is 0 Å². The molecular weight excluding hydrogens is 130 g/mol. The van der Waals surface area contributed by atoms with Crippen LogP contribution in [-0.4, -0.2) is 27.7 Å². The zero-order chi connectivity index (χ0) is 6.57. The van der Waals surface area contributed by atoms with E-state index in [0.717, 1.165) is 0 Å². The molecule has 46 valence electrons. The van der Waals surface area contributed by atoms with E-state index in [4.69, 9.17) is 10.3 Å². The highest BCUT2D eigenvalue weighted by molar-refractivity contribution is 7.81. The molecule has 0 saturated heterocycles. The molecule has 0 aromatic heterocycles. The van der Waals surface area contributed by atoms with Gasteiger partial charge in [-0.25, -0.2) is 4.79 Å². The molecule has 0 unspecified atom stereocenters. The molecule has 2 N–H and O–H groups in total. The maximum absolute atomic E-state index is 9.82. The maximum atomic E-state index is 9.82. The second kappa shape index (κ2) is 3.31. The smallest absolute Gasteiger partial charge is 0.354 e. The molecule has 0 radical (unpaired) electrons. The third-order valence-corrected chi connectivity index (χ3v) is 0.817. The lowest BCUT2D eigenvalue weighted by molar-refractivity contribution is -0.129. The lowest BCUT2D eigenvalue weighted by atomic mass is 10.4. The summed E-state index contributed by atoms with van der Waals surface area (Å²) in [5, 5.41) is 18.3. The van der Waals surface area contributed by atoms with Crippen molar-refractivity contribution in [2.24, 2.45) is 5.16 Å². The first-order valence-electron chi connectivity index (χ1n) is 1.77. The third kappa shape index (κ3) is 1.83. The van der Waals surface area contributed by atoms with Gasteiger partial charge >= 0.3 is 5.97 Å². The number of nitrogens with zero attached hydrogens (tertiary/aromatic N) is 1. The van der Waals surface area contributed by atoms with Crippen LogP contribution in [0.25, 0.3) is 0 Å². The fourth-order valence-corrected chi connectivity index (χ4v) is 0.341. The highest BCUT2D eigenvalue weighted by atomic mass is 32.1. The van der Waals surface area contributed by atoms with Crippen LogP contribution in [0.2, 0.25) is 0 Å². The first-order chi connectivity index (χ1) is 3.72. The topological polar surface area (TPSA) is 69.9 Å². The van der Waals surface area contributed by atoms with Gasteiger partial charge in [-0.15, -0.1) is 0 Å². The van der Waals surface area contributed by atoms with Gasteiger partial charge in [0.1, 0.15) is 0 Å². The quantitative estimate of drug-likeness (QED) is 0.213. The molecule has 4 nitrogen and oxygen atoms in total. The molecule has 0 aromatic rings. The molecule has 0 aliphatic carbocycles. The Morgan fingerprint density at radius 3 is 2.25 bits per heavy atom. The van der Waals surface area contributed by atoms with Gasteiger partial charge < -0.3 is 10.3 Å². The summed E-state index contributed by atoms with van der Waals surface area (Å²) in [6, 6.07) is 0. The van der Waals surface area contributed by atoms with E-state index in [-0.39, 0.29) is 11.5 Å². The van der Waals surface area contributed by atoms with Crippen molar-refractivity contribution >= 4 is 24.3 Å². The van der Waals surface area contributed by atoms with Crippen LogP contribution >= 0.6 is 12.6 Å². The second-order valence-electron chi connectivity index (χ2n) is 1.01. The summed E-state index contributed by atoms with van der Waals surface area (Å²) >= 11 is 3.56. The maximum Gasteiger partial charge on any atom is 0.354 e. The van der Waals surface area contributed by atoms with E-state index < -0.39 is 5.97 Å². The minimum atomic E-state index is -1.25. The van der Waals surface area contributed by atoms with Crippen molar-refractivity contribution in [2.75, 3.05) is 5.75 Å². The molecule has 0 saturated carbocycles. The number of aliphatic carboxylic acids is 1. The molecule has 0 rings (SSSR count). The average Bonchev–Trinajstić information content (AvgIpc) is 1.69. The van der Waals surface area contributed by atoms with E-state index in [1.54, 1.807) is 0 Å². The Bertz CT molecular complexity index is 122. The number of carboxylic acid groups (broad SMARTS) is 1. The minimum absolute atomic E-state index is 0.0637. The van der Waals surface area contributed by atoms with Crippen molar-refractivity contribution in [2.45, 2.75) is 0 Å². The van der Waals surface area contributed by atoms with Crippen LogP contribution in [0.1, 0.15) is 0 Å². The van der Waals surface area contributed by atoms with E-state index in [2.05, 4.69) is 17.8 Å². The van der Waals surface area contributed by atoms with Gasteiger partial charge in [0.05, 0.1) is 0 Å². The summed E-state index contributed by atoms with van der Waals surface area (Å²) in [5.41, 5.74) is -0.353. The molecule has 0 fully saturated rings. The molecule has 0 amide bonds. The minimum Gasteiger partial charge on any atom is -0.477 e. The van der Waals surface area contributed by atoms with Gasteiger partial charge in [0.2, 0.25) is 0 Å². The Hall–Kier alpha value is -0.710. The Labute approximate surface area is 51.2 Å². The largest absolute Gasteiger partial charge is 0.477 e. The van der Waals surface area contributed by atoms with Crippen LogP contribution in [0.15, 0.2) is 5.16 Å². The molecule has 5 heteroatoms. The van der Waals surface area contributed by atoms with Gasteiger partial charge in [0.15, 0.2) is 5.71 Å². The fraction of sp³-hybridized carbons (Fsp3) is 0.333. The molecule has 8 heavy (non-hydrogen) atoms. The van der Waals surface area contributed by atoms with Gasteiger partial charge in [-0.05, 0) is 0 Å². The average molecular weight is 135 g/mol. The Morgan fingerprint density at radius 2 is 2.25 bits per heavy atom. The van der Waals surface area contributed by atoms with Crippen LogP contribution in [0.4, 0.5) is 0 Å². The number of carboxylic acids is 1. The van der Waals surface area contributed by atoms with Crippen LogP contribution < -0.4 is 0 Å². The van der Waals surface area contributed by atoms with Gasteiger partial charge in [-0.3, -0.25) is 0 Å². The second-order valence-corrected chi connectivity index (χ2v) is 1.33. The third-order valence-electron chi connectivity index (χ3n) is 0.517. The molecule has 0 bridgehead atoms. The summed E-state index contributed by atoms with van der Waals surface area (Å²) in [6.45, 7) is 0. The summed E-state index contributed by atoms with van der Waals surface area (Å²) < 4.78 is 0. The summed E-state index contributed by atoms with van der Waals surface area (Å²) in [5.74, 6) is -1.31. The Balaban J connectivity index is 3.92. The SMILES string of the molecule is O=C(O)/C(CS)=N/O. The summed E-state index contributed by atoms with van der Waals surface area (Å²) in [6.07, 6.45) is 0. The molecule has 0 aliphatic rings. The summed E-state index contributed by atoms with van der Waals surface area (Å²) in [7, 11) is 0. The normalized spacial score (nSPS) is 11.4. The van der Waals surface area contributed by atoms with Crippen LogP contribution in [0, 0.1) is 0 Å². The number of hydrogen-bond acceptors (Lipinski definition) is 4. The van der Waals surface area contributed by atoms with Crippen LogP contribution in [0.5, 0.6) is 0 Å². The van der Waals surface area contributed by atoms with E-state index in [9.17, 15) is 4.79 Å². The monoisotopic (exact) mass is 135 g/mol. The highest BCUT2D eigenvalue weighted by Gasteiger charge is 2.05. The molecule has 0 atom stereocenters. The lowest BCUT2D eigenvalue weighted by Gasteiger charge is -1.87. The van der Waals surface area contributed by atoms with Crippen LogP contribution in [-0.2, 0) is 4.79 Å².